The molecule has 5 heteroatoms. The van der Waals surface area contributed by atoms with Gasteiger partial charge in [0, 0.05) is 22.2 Å². The first-order chi connectivity index (χ1) is 15.0. The number of aromatic amines is 1. The summed E-state index contributed by atoms with van der Waals surface area (Å²) in [7, 11) is 0. The molecular formula is C26H23NO4. The fraction of sp³-hybridized carbons (Fsp3) is 0.154. The van der Waals surface area contributed by atoms with Crippen LogP contribution in [0.4, 0.5) is 0 Å². The zero-order valence-electron chi connectivity index (χ0n) is 17.4. The molecule has 1 heterocycles. The minimum atomic E-state index is -0.903. The van der Waals surface area contributed by atoms with E-state index >= 15 is 0 Å². The van der Waals surface area contributed by atoms with Crippen molar-refractivity contribution in [2.45, 2.75) is 26.6 Å². The summed E-state index contributed by atoms with van der Waals surface area (Å²) in [6.07, 6.45) is -0.903. The number of aryl methyl sites for hydroxylation is 1. The number of hydrogen-bond acceptors (Lipinski definition) is 4. The molecule has 5 nitrogen and oxygen atoms in total. The van der Waals surface area contributed by atoms with E-state index in [1.54, 1.807) is 31.2 Å². The third-order valence-corrected chi connectivity index (χ3v) is 5.13. The van der Waals surface area contributed by atoms with E-state index in [0.29, 0.717) is 23.5 Å². The lowest BCUT2D eigenvalue weighted by atomic mass is 10.0. The third kappa shape index (κ3) is 4.51. The van der Waals surface area contributed by atoms with Crippen LogP contribution in [0.15, 0.2) is 78.9 Å². The lowest BCUT2D eigenvalue weighted by Crippen LogP contribution is -2.24. The van der Waals surface area contributed by atoms with Crippen molar-refractivity contribution in [3.05, 3.63) is 101 Å². The first-order valence-corrected chi connectivity index (χ1v) is 10.1. The molecule has 0 aliphatic heterocycles. The second-order valence-corrected chi connectivity index (χ2v) is 7.38. The number of aromatic nitrogens is 1. The summed E-state index contributed by atoms with van der Waals surface area (Å²) in [5.74, 6) is -0.127. The van der Waals surface area contributed by atoms with Crippen LogP contribution >= 0.6 is 0 Å². The highest BCUT2D eigenvalue weighted by molar-refractivity contribution is 6.11. The van der Waals surface area contributed by atoms with Gasteiger partial charge in [0.15, 0.2) is 6.10 Å². The Morgan fingerprint density at radius 1 is 0.903 bits per heavy atom. The minimum Gasteiger partial charge on any atom is -0.489 e. The number of fused-ring (bicyclic) bond motifs is 1. The number of H-pyrrole nitrogens is 1. The molecule has 0 spiro atoms. The van der Waals surface area contributed by atoms with E-state index < -0.39 is 12.1 Å². The third-order valence-electron chi connectivity index (χ3n) is 5.13. The molecule has 1 atom stereocenters. The summed E-state index contributed by atoms with van der Waals surface area (Å²) in [6.45, 7) is 3.88. The molecule has 0 saturated heterocycles. The summed E-state index contributed by atoms with van der Waals surface area (Å²) in [4.78, 5) is 28.7. The topological polar surface area (TPSA) is 68.4 Å². The smallest absolute Gasteiger partial charge is 0.338 e. The summed E-state index contributed by atoms with van der Waals surface area (Å²) >= 11 is 0. The highest BCUT2D eigenvalue weighted by Gasteiger charge is 2.24. The molecule has 0 bridgehead atoms. The molecule has 156 valence electrons. The largest absolute Gasteiger partial charge is 0.489 e. The van der Waals surface area contributed by atoms with E-state index in [9.17, 15) is 9.59 Å². The average Bonchev–Trinajstić information content (AvgIpc) is 3.13. The van der Waals surface area contributed by atoms with Crippen molar-refractivity contribution in [2.75, 3.05) is 0 Å². The number of carbonyl (C=O) groups is 2. The van der Waals surface area contributed by atoms with Gasteiger partial charge >= 0.3 is 5.97 Å². The fourth-order valence-corrected chi connectivity index (χ4v) is 3.51. The van der Waals surface area contributed by atoms with Gasteiger partial charge in [0.05, 0.1) is 5.56 Å². The fourth-order valence-electron chi connectivity index (χ4n) is 3.51. The maximum atomic E-state index is 13.0. The predicted octanol–water partition coefficient (Wildman–Crippen LogP) is 5.48. The molecule has 0 radical (unpaired) electrons. The van der Waals surface area contributed by atoms with Crippen molar-refractivity contribution in [3.8, 4) is 5.75 Å². The van der Waals surface area contributed by atoms with Gasteiger partial charge in [0.1, 0.15) is 12.4 Å². The van der Waals surface area contributed by atoms with Crippen LogP contribution < -0.4 is 4.74 Å². The van der Waals surface area contributed by atoms with Crippen molar-refractivity contribution in [1.29, 1.82) is 0 Å². The summed E-state index contributed by atoms with van der Waals surface area (Å²) in [6, 6.07) is 24.1. The van der Waals surface area contributed by atoms with Crippen LogP contribution in [-0.4, -0.2) is 22.8 Å². The average molecular weight is 413 g/mol. The van der Waals surface area contributed by atoms with Gasteiger partial charge < -0.3 is 14.5 Å². The van der Waals surface area contributed by atoms with Crippen molar-refractivity contribution < 1.29 is 19.1 Å². The number of carbonyl (C=O) groups excluding carboxylic acids is 2. The van der Waals surface area contributed by atoms with E-state index in [0.717, 1.165) is 22.2 Å². The lowest BCUT2D eigenvalue weighted by molar-refractivity contribution is 0.0319. The standard InChI is InChI=1S/C26H23NO4/c1-17-24(22-10-6-7-11-23(22)27-17)25(28)18(2)31-26(29)20-12-14-21(15-13-20)30-16-19-8-4-3-5-9-19/h3-15,18,27H,16H2,1-2H3/t18-/m0/s1. The minimum absolute atomic E-state index is 0.230. The van der Waals surface area contributed by atoms with E-state index in [2.05, 4.69) is 4.98 Å². The van der Waals surface area contributed by atoms with Crippen LogP contribution in [0, 0.1) is 6.92 Å². The van der Waals surface area contributed by atoms with E-state index in [-0.39, 0.29) is 5.78 Å². The van der Waals surface area contributed by atoms with Gasteiger partial charge in [0.25, 0.3) is 0 Å². The summed E-state index contributed by atoms with van der Waals surface area (Å²) in [5, 5.41) is 0.827. The molecule has 4 aromatic rings. The van der Waals surface area contributed by atoms with Crippen molar-refractivity contribution in [3.63, 3.8) is 0 Å². The Hall–Kier alpha value is -3.86. The van der Waals surface area contributed by atoms with Crippen LogP contribution in [0.3, 0.4) is 0 Å². The van der Waals surface area contributed by atoms with Crippen molar-refractivity contribution in [2.24, 2.45) is 0 Å². The quantitative estimate of drug-likeness (QED) is 0.322. The Kier molecular flexibility index (Phi) is 5.85. The molecule has 0 fully saturated rings. The van der Waals surface area contributed by atoms with Gasteiger partial charge in [-0.2, -0.15) is 0 Å². The number of nitrogens with one attached hydrogen (secondary N) is 1. The van der Waals surface area contributed by atoms with Crippen molar-refractivity contribution >= 4 is 22.7 Å². The van der Waals surface area contributed by atoms with Gasteiger partial charge in [-0.15, -0.1) is 0 Å². The first kappa shape index (κ1) is 20.4. The number of benzene rings is 3. The summed E-state index contributed by atoms with van der Waals surface area (Å²) in [5.41, 5.74) is 3.62. The predicted molar refractivity (Wildman–Crippen MR) is 119 cm³/mol. The second-order valence-electron chi connectivity index (χ2n) is 7.38. The Bertz CT molecular complexity index is 1210. The van der Waals surface area contributed by atoms with Crippen LogP contribution in [0.2, 0.25) is 0 Å². The molecule has 1 N–H and O–H groups in total. The lowest BCUT2D eigenvalue weighted by Gasteiger charge is -2.13. The zero-order valence-corrected chi connectivity index (χ0v) is 17.4. The highest BCUT2D eigenvalue weighted by atomic mass is 16.5. The van der Waals surface area contributed by atoms with Gasteiger partial charge in [-0.25, -0.2) is 4.79 Å². The van der Waals surface area contributed by atoms with Crippen LogP contribution in [0.1, 0.15) is 38.9 Å². The monoisotopic (exact) mass is 413 g/mol. The molecule has 4 rings (SSSR count). The zero-order chi connectivity index (χ0) is 21.8. The molecule has 3 aromatic carbocycles. The van der Waals surface area contributed by atoms with Crippen molar-refractivity contribution in [1.82, 2.24) is 4.98 Å². The highest BCUT2D eigenvalue weighted by Crippen LogP contribution is 2.24. The number of para-hydroxylation sites is 1. The van der Waals surface area contributed by atoms with Crippen LogP contribution in [-0.2, 0) is 11.3 Å². The van der Waals surface area contributed by atoms with Gasteiger partial charge in [-0.1, -0.05) is 48.5 Å². The normalized spacial score (nSPS) is 11.8. The summed E-state index contributed by atoms with van der Waals surface area (Å²) < 4.78 is 11.2. The Labute approximate surface area is 180 Å². The van der Waals surface area contributed by atoms with Gasteiger partial charge in [-0.3, -0.25) is 4.79 Å². The van der Waals surface area contributed by atoms with Gasteiger partial charge in [-0.05, 0) is 49.7 Å². The maximum Gasteiger partial charge on any atom is 0.338 e. The maximum absolute atomic E-state index is 13.0. The molecule has 0 amide bonds. The molecule has 0 aliphatic carbocycles. The number of ether oxygens (including phenoxy) is 2. The van der Waals surface area contributed by atoms with Crippen LogP contribution in [0.5, 0.6) is 5.75 Å². The van der Waals surface area contributed by atoms with Gasteiger partial charge in [0.2, 0.25) is 5.78 Å². The number of ketones is 1. The molecular weight excluding hydrogens is 390 g/mol. The molecule has 0 unspecified atom stereocenters. The van der Waals surface area contributed by atoms with E-state index in [4.69, 9.17) is 9.47 Å². The Morgan fingerprint density at radius 2 is 1.58 bits per heavy atom. The molecule has 0 saturated carbocycles. The second kappa shape index (κ2) is 8.88. The molecule has 0 aliphatic rings. The number of esters is 1. The van der Waals surface area contributed by atoms with E-state index in [1.165, 1.54) is 0 Å². The Balaban J connectivity index is 1.40. The number of Topliss-reactive ketones (excluding diaryl/α,β-unsaturated/α-hetero) is 1. The Morgan fingerprint density at radius 3 is 2.32 bits per heavy atom. The van der Waals surface area contributed by atoms with Crippen LogP contribution in [0.25, 0.3) is 10.9 Å². The number of hydrogen-bond donors (Lipinski definition) is 1. The SMILES string of the molecule is Cc1[nH]c2ccccc2c1C(=O)[C@H](C)OC(=O)c1ccc(OCc2ccccc2)cc1. The molecule has 31 heavy (non-hydrogen) atoms. The van der Waals surface area contributed by atoms with E-state index in [1.807, 2.05) is 61.5 Å². The number of rotatable bonds is 7. The first-order valence-electron chi connectivity index (χ1n) is 10.1. The molecule has 1 aromatic heterocycles.